The van der Waals surface area contributed by atoms with E-state index in [9.17, 15) is 13.2 Å². The molecule has 0 radical (unpaired) electrons. The molecular formula is C19H26N6O3S. The second-order valence-electron chi connectivity index (χ2n) is 7.20. The number of nitrogens with two attached hydrogens (primary N) is 2. The van der Waals surface area contributed by atoms with Gasteiger partial charge >= 0.3 is 0 Å². The van der Waals surface area contributed by atoms with Gasteiger partial charge < -0.3 is 22.1 Å². The van der Waals surface area contributed by atoms with Crippen LogP contribution in [0.4, 0.5) is 17.3 Å². The highest BCUT2D eigenvalue weighted by molar-refractivity contribution is 7.90. The fourth-order valence-corrected chi connectivity index (χ4v) is 4.04. The van der Waals surface area contributed by atoms with E-state index < -0.39 is 15.7 Å². The van der Waals surface area contributed by atoms with Crippen LogP contribution in [0.2, 0.25) is 0 Å². The largest absolute Gasteiger partial charge is 0.364 e. The SMILES string of the molecule is CCc1nc(C(N)=O)c(Nc2cccc(S(C)(=O)=O)c2)nc1N[C@@H]1CCC[C@H]1N. The van der Waals surface area contributed by atoms with Crippen molar-refractivity contribution in [2.75, 3.05) is 16.9 Å². The monoisotopic (exact) mass is 418 g/mol. The van der Waals surface area contributed by atoms with E-state index in [2.05, 4.69) is 20.6 Å². The summed E-state index contributed by atoms with van der Waals surface area (Å²) in [6.07, 6.45) is 4.60. The fraction of sp³-hybridized carbons (Fsp3) is 0.421. The number of sulfone groups is 1. The predicted octanol–water partition coefficient (Wildman–Crippen LogP) is 1.58. The molecule has 2 atom stereocenters. The smallest absolute Gasteiger partial charge is 0.271 e. The van der Waals surface area contributed by atoms with Crippen molar-refractivity contribution in [1.82, 2.24) is 9.97 Å². The molecule has 1 aromatic heterocycles. The highest BCUT2D eigenvalue weighted by atomic mass is 32.2. The van der Waals surface area contributed by atoms with Crippen molar-refractivity contribution in [3.05, 3.63) is 35.7 Å². The van der Waals surface area contributed by atoms with E-state index in [1.807, 2.05) is 6.92 Å². The standard InChI is InChI=1S/C19H26N6O3S/c1-3-14-18(24-15-9-5-8-13(15)20)25-19(16(23-14)17(21)26)22-11-6-4-7-12(10-11)29(2,27)28/h4,6-7,10,13,15H,3,5,8-9,20H2,1-2H3,(H2,21,26)(H2,22,24,25)/t13-,15-/m1/s1. The van der Waals surface area contributed by atoms with Gasteiger partial charge in [0.15, 0.2) is 27.2 Å². The van der Waals surface area contributed by atoms with Gasteiger partial charge in [-0.3, -0.25) is 4.79 Å². The number of nitrogens with one attached hydrogen (secondary N) is 2. The molecule has 0 spiro atoms. The molecule has 6 N–H and O–H groups in total. The third-order valence-electron chi connectivity index (χ3n) is 4.95. The molecule has 0 aliphatic heterocycles. The molecule has 3 rings (SSSR count). The molecule has 1 aliphatic carbocycles. The second-order valence-corrected chi connectivity index (χ2v) is 9.22. The molecular weight excluding hydrogens is 392 g/mol. The van der Waals surface area contributed by atoms with Crippen molar-refractivity contribution in [1.29, 1.82) is 0 Å². The van der Waals surface area contributed by atoms with Crippen LogP contribution in [0.1, 0.15) is 42.4 Å². The molecule has 9 nitrogen and oxygen atoms in total. The van der Waals surface area contributed by atoms with Crippen molar-refractivity contribution in [3.8, 4) is 0 Å². The van der Waals surface area contributed by atoms with Crippen LogP contribution in [0, 0.1) is 0 Å². The lowest BCUT2D eigenvalue weighted by molar-refractivity contribution is 0.0996. The summed E-state index contributed by atoms with van der Waals surface area (Å²) in [7, 11) is -3.38. The van der Waals surface area contributed by atoms with Gasteiger partial charge in [-0.05, 0) is 43.9 Å². The van der Waals surface area contributed by atoms with Gasteiger partial charge in [0.2, 0.25) is 0 Å². The summed E-state index contributed by atoms with van der Waals surface area (Å²) in [5, 5.41) is 6.34. The molecule has 2 aromatic rings. The number of aryl methyl sites for hydroxylation is 1. The normalized spacial score (nSPS) is 19.1. The van der Waals surface area contributed by atoms with Crippen molar-refractivity contribution in [3.63, 3.8) is 0 Å². The zero-order valence-corrected chi connectivity index (χ0v) is 17.3. The molecule has 0 saturated heterocycles. The van der Waals surface area contributed by atoms with Crippen LogP contribution in [0.5, 0.6) is 0 Å². The first-order chi connectivity index (χ1) is 13.7. The number of anilines is 3. The summed E-state index contributed by atoms with van der Waals surface area (Å²) in [6, 6.07) is 6.35. The van der Waals surface area contributed by atoms with Crippen LogP contribution >= 0.6 is 0 Å². The molecule has 156 valence electrons. The highest BCUT2D eigenvalue weighted by Gasteiger charge is 2.26. The molecule has 29 heavy (non-hydrogen) atoms. The fourth-order valence-electron chi connectivity index (χ4n) is 3.38. The number of primary amides is 1. The Hall–Kier alpha value is -2.72. The van der Waals surface area contributed by atoms with Crippen molar-refractivity contribution < 1.29 is 13.2 Å². The third kappa shape index (κ3) is 4.83. The first-order valence-electron chi connectivity index (χ1n) is 9.49. The number of carbonyl (C=O) groups is 1. The van der Waals surface area contributed by atoms with E-state index in [1.54, 1.807) is 12.1 Å². The molecule has 1 fully saturated rings. The summed E-state index contributed by atoms with van der Waals surface area (Å²) < 4.78 is 23.6. The van der Waals surface area contributed by atoms with Gasteiger partial charge in [-0.15, -0.1) is 0 Å². The maximum absolute atomic E-state index is 12.0. The average Bonchev–Trinajstić information content (AvgIpc) is 3.06. The first kappa shape index (κ1) is 21.0. The van der Waals surface area contributed by atoms with E-state index in [1.165, 1.54) is 12.1 Å². The van der Waals surface area contributed by atoms with Gasteiger partial charge in [-0.25, -0.2) is 18.4 Å². The Kier molecular flexibility index (Phi) is 6.04. The minimum atomic E-state index is -3.38. The summed E-state index contributed by atoms with van der Waals surface area (Å²) in [6.45, 7) is 1.91. The number of hydrogen-bond acceptors (Lipinski definition) is 8. The Morgan fingerprint density at radius 2 is 2.00 bits per heavy atom. The zero-order chi connectivity index (χ0) is 21.2. The molecule has 1 aromatic carbocycles. The van der Waals surface area contributed by atoms with Crippen LogP contribution in [-0.4, -0.2) is 42.6 Å². The van der Waals surface area contributed by atoms with Crippen LogP contribution in [0.3, 0.4) is 0 Å². The Bertz CT molecular complexity index is 1020. The lowest BCUT2D eigenvalue weighted by atomic mass is 10.2. The quantitative estimate of drug-likeness (QED) is 0.528. The summed E-state index contributed by atoms with van der Waals surface area (Å²) >= 11 is 0. The van der Waals surface area contributed by atoms with Gasteiger partial charge in [0, 0.05) is 24.0 Å². The molecule has 1 aliphatic rings. The topological polar surface area (TPSA) is 153 Å². The van der Waals surface area contributed by atoms with Crippen molar-refractivity contribution in [2.24, 2.45) is 11.5 Å². The lowest BCUT2D eigenvalue weighted by Crippen LogP contribution is -2.36. The second kappa shape index (κ2) is 8.34. The molecule has 0 unspecified atom stereocenters. The predicted molar refractivity (Wildman–Crippen MR) is 112 cm³/mol. The summed E-state index contributed by atoms with van der Waals surface area (Å²) in [5.41, 5.74) is 12.7. The van der Waals surface area contributed by atoms with Gasteiger partial charge in [-0.2, -0.15) is 0 Å². The Morgan fingerprint density at radius 1 is 1.24 bits per heavy atom. The molecule has 1 heterocycles. The molecule has 10 heteroatoms. The van der Waals surface area contributed by atoms with Crippen LogP contribution < -0.4 is 22.1 Å². The molecule has 1 saturated carbocycles. The van der Waals surface area contributed by atoms with Crippen LogP contribution in [0.25, 0.3) is 0 Å². The molecule has 1 amide bonds. The Morgan fingerprint density at radius 3 is 2.59 bits per heavy atom. The number of hydrogen-bond donors (Lipinski definition) is 4. The van der Waals surface area contributed by atoms with E-state index in [-0.39, 0.29) is 28.5 Å². The Balaban J connectivity index is 2.00. The van der Waals surface area contributed by atoms with E-state index >= 15 is 0 Å². The van der Waals surface area contributed by atoms with Gasteiger partial charge in [0.05, 0.1) is 10.6 Å². The van der Waals surface area contributed by atoms with E-state index in [4.69, 9.17) is 11.5 Å². The number of amides is 1. The van der Waals surface area contributed by atoms with Crippen LogP contribution in [0.15, 0.2) is 29.2 Å². The summed E-state index contributed by atoms with van der Waals surface area (Å²) in [5.74, 6) is -0.0193. The zero-order valence-electron chi connectivity index (χ0n) is 16.5. The minimum Gasteiger partial charge on any atom is -0.364 e. The maximum Gasteiger partial charge on any atom is 0.271 e. The number of carbonyl (C=O) groups excluding carboxylic acids is 1. The third-order valence-corrected chi connectivity index (χ3v) is 6.06. The molecule has 0 bridgehead atoms. The number of rotatable bonds is 7. The van der Waals surface area contributed by atoms with Crippen LogP contribution in [-0.2, 0) is 16.3 Å². The van der Waals surface area contributed by atoms with Gasteiger partial charge in [-0.1, -0.05) is 13.0 Å². The van der Waals surface area contributed by atoms with Gasteiger partial charge in [0.1, 0.15) is 0 Å². The minimum absolute atomic E-state index is 0.00659. The number of benzene rings is 1. The lowest BCUT2D eigenvalue weighted by Gasteiger charge is -2.21. The van der Waals surface area contributed by atoms with Crippen molar-refractivity contribution in [2.45, 2.75) is 49.6 Å². The Labute approximate surface area is 170 Å². The van der Waals surface area contributed by atoms with E-state index in [0.29, 0.717) is 23.6 Å². The number of aromatic nitrogens is 2. The first-order valence-corrected chi connectivity index (χ1v) is 11.4. The highest BCUT2D eigenvalue weighted by Crippen LogP contribution is 2.27. The number of nitrogens with zero attached hydrogens (tertiary/aromatic N) is 2. The van der Waals surface area contributed by atoms with Crippen molar-refractivity contribution >= 4 is 33.1 Å². The average molecular weight is 419 g/mol. The summed E-state index contributed by atoms with van der Waals surface area (Å²) in [4.78, 5) is 21.1. The van der Waals surface area contributed by atoms with Gasteiger partial charge in [0.25, 0.3) is 5.91 Å². The van der Waals surface area contributed by atoms with E-state index in [0.717, 1.165) is 25.5 Å². The maximum atomic E-state index is 12.0.